The number of aliphatic carboxylic acids is 1. The molecule has 6 heteroatoms. The zero-order chi connectivity index (χ0) is 17.1. The fourth-order valence-electron chi connectivity index (χ4n) is 2.60. The number of ether oxygens (including phenoxy) is 1. The van der Waals surface area contributed by atoms with Gasteiger partial charge in [-0.25, -0.2) is 0 Å². The highest BCUT2D eigenvalue weighted by Crippen LogP contribution is 2.24. The largest absolute Gasteiger partial charge is 0.489 e. The summed E-state index contributed by atoms with van der Waals surface area (Å²) in [5.41, 5.74) is 2.09. The number of benzene rings is 2. The molecule has 1 N–H and O–H groups in total. The minimum atomic E-state index is -0.711. The number of carbonyl (C=O) groups is 1. The summed E-state index contributed by atoms with van der Waals surface area (Å²) in [6, 6.07) is 13.3. The van der Waals surface area contributed by atoms with Crippen LogP contribution < -0.4 is 4.74 Å². The van der Waals surface area contributed by atoms with Gasteiger partial charge in [0, 0.05) is 19.6 Å². The molecule has 24 heavy (non-hydrogen) atoms. The van der Waals surface area contributed by atoms with Gasteiger partial charge in [-0.1, -0.05) is 41.4 Å². The molecule has 1 aliphatic rings. The van der Waals surface area contributed by atoms with E-state index < -0.39 is 5.97 Å². The van der Waals surface area contributed by atoms with Crippen LogP contribution in [-0.4, -0.2) is 29.1 Å². The standard InChI is InChI=1S/C18H17Cl2NO3/c19-16-6-3-13(7-17(16)20)11-24-15-4-1-12(2-5-15)8-21-9-14(10-21)18(22)23/h1-7,14H,8-11H2,(H,22,23). The Morgan fingerprint density at radius 2 is 1.75 bits per heavy atom. The van der Waals surface area contributed by atoms with Crippen LogP contribution in [-0.2, 0) is 17.9 Å². The van der Waals surface area contributed by atoms with Crippen molar-refractivity contribution in [3.8, 4) is 5.75 Å². The van der Waals surface area contributed by atoms with Gasteiger partial charge in [-0.3, -0.25) is 9.69 Å². The van der Waals surface area contributed by atoms with Crippen LogP contribution in [0.15, 0.2) is 42.5 Å². The topological polar surface area (TPSA) is 49.8 Å². The molecule has 0 spiro atoms. The van der Waals surface area contributed by atoms with Gasteiger partial charge in [0.05, 0.1) is 16.0 Å². The zero-order valence-corrected chi connectivity index (χ0v) is 14.4. The minimum absolute atomic E-state index is 0.223. The Balaban J connectivity index is 1.49. The summed E-state index contributed by atoms with van der Waals surface area (Å²) < 4.78 is 5.74. The van der Waals surface area contributed by atoms with Gasteiger partial charge in [-0.05, 0) is 35.4 Å². The van der Waals surface area contributed by atoms with E-state index in [-0.39, 0.29) is 5.92 Å². The Bertz CT molecular complexity index is 728. The normalized spacial score (nSPS) is 15.1. The van der Waals surface area contributed by atoms with Crippen molar-refractivity contribution in [1.82, 2.24) is 4.90 Å². The SMILES string of the molecule is O=C(O)C1CN(Cc2ccc(OCc3ccc(Cl)c(Cl)c3)cc2)C1. The van der Waals surface area contributed by atoms with Crippen molar-refractivity contribution in [1.29, 1.82) is 0 Å². The summed E-state index contributed by atoms with van der Waals surface area (Å²) in [4.78, 5) is 12.9. The number of likely N-dealkylation sites (tertiary alicyclic amines) is 1. The number of carboxylic acid groups (broad SMARTS) is 1. The average Bonchev–Trinajstić information content (AvgIpc) is 2.52. The van der Waals surface area contributed by atoms with E-state index in [1.807, 2.05) is 30.3 Å². The van der Waals surface area contributed by atoms with Gasteiger partial charge in [-0.15, -0.1) is 0 Å². The first kappa shape index (κ1) is 17.1. The Morgan fingerprint density at radius 1 is 1.08 bits per heavy atom. The van der Waals surface area contributed by atoms with Crippen molar-refractivity contribution in [2.45, 2.75) is 13.2 Å². The van der Waals surface area contributed by atoms with E-state index in [0.717, 1.165) is 23.4 Å². The summed E-state index contributed by atoms with van der Waals surface area (Å²) in [5.74, 6) is -0.159. The molecule has 0 unspecified atom stereocenters. The second-order valence-corrected chi connectivity index (χ2v) is 6.72. The molecule has 0 amide bonds. The van der Waals surface area contributed by atoms with E-state index >= 15 is 0 Å². The summed E-state index contributed by atoms with van der Waals surface area (Å²) >= 11 is 11.9. The third-order valence-electron chi connectivity index (χ3n) is 4.03. The maximum Gasteiger partial charge on any atom is 0.309 e. The van der Waals surface area contributed by atoms with Crippen LogP contribution in [0, 0.1) is 5.92 Å². The van der Waals surface area contributed by atoms with Gasteiger partial charge in [0.15, 0.2) is 0 Å². The van der Waals surface area contributed by atoms with Crippen LogP contribution in [0.25, 0.3) is 0 Å². The van der Waals surface area contributed by atoms with Crippen molar-refractivity contribution in [2.75, 3.05) is 13.1 Å². The predicted octanol–water partition coefficient (Wildman–Crippen LogP) is 4.09. The maximum absolute atomic E-state index is 10.8. The summed E-state index contributed by atoms with van der Waals surface area (Å²) in [5, 5.41) is 9.92. The van der Waals surface area contributed by atoms with Gasteiger partial charge in [0.25, 0.3) is 0 Å². The molecule has 2 aromatic rings. The highest BCUT2D eigenvalue weighted by atomic mass is 35.5. The van der Waals surface area contributed by atoms with Crippen LogP contribution >= 0.6 is 23.2 Å². The molecule has 4 nitrogen and oxygen atoms in total. The number of hydrogen-bond acceptors (Lipinski definition) is 3. The van der Waals surface area contributed by atoms with Crippen molar-refractivity contribution >= 4 is 29.2 Å². The van der Waals surface area contributed by atoms with Gasteiger partial charge in [0.1, 0.15) is 12.4 Å². The lowest BCUT2D eigenvalue weighted by molar-refractivity contribution is -0.147. The summed E-state index contributed by atoms with van der Waals surface area (Å²) in [6.45, 7) is 2.41. The molecular formula is C18H17Cl2NO3. The van der Waals surface area contributed by atoms with E-state index in [0.29, 0.717) is 29.7 Å². The Morgan fingerprint density at radius 3 is 2.38 bits per heavy atom. The average molecular weight is 366 g/mol. The Hall–Kier alpha value is -1.75. The second kappa shape index (κ2) is 7.43. The van der Waals surface area contributed by atoms with Crippen LogP contribution in [0.4, 0.5) is 0 Å². The van der Waals surface area contributed by atoms with Crippen LogP contribution in [0.1, 0.15) is 11.1 Å². The van der Waals surface area contributed by atoms with Crippen molar-refractivity contribution in [2.24, 2.45) is 5.92 Å². The minimum Gasteiger partial charge on any atom is -0.489 e. The molecule has 0 bridgehead atoms. The second-order valence-electron chi connectivity index (χ2n) is 5.91. The molecule has 1 heterocycles. The number of rotatable bonds is 6. The van der Waals surface area contributed by atoms with Crippen molar-refractivity contribution in [3.05, 3.63) is 63.6 Å². The number of nitrogens with zero attached hydrogens (tertiary/aromatic N) is 1. The van der Waals surface area contributed by atoms with Crippen LogP contribution in [0.3, 0.4) is 0 Å². The predicted molar refractivity (Wildman–Crippen MR) is 93.6 cm³/mol. The molecule has 0 atom stereocenters. The van der Waals surface area contributed by atoms with E-state index in [9.17, 15) is 4.79 Å². The number of halogens is 2. The van der Waals surface area contributed by atoms with E-state index in [4.69, 9.17) is 33.0 Å². The highest BCUT2D eigenvalue weighted by molar-refractivity contribution is 6.42. The Kier molecular flexibility index (Phi) is 5.29. The van der Waals surface area contributed by atoms with Gasteiger partial charge in [-0.2, -0.15) is 0 Å². The Labute approximate surface area is 150 Å². The fourth-order valence-corrected chi connectivity index (χ4v) is 2.92. The molecule has 2 aromatic carbocycles. The number of carboxylic acids is 1. The molecule has 1 fully saturated rings. The molecule has 0 radical (unpaired) electrons. The van der Waals surface area contributed by atoms with Crippen molar-refractivity contribution in [3.63, 3.8) is 0 Å². The van der Waals surface area contributed by atoms with E-state index in [1.165, 1.54) is 0 Å². The van der Waals surface area contributed by atoms with Gasteiger partial charge >= 0.3 is 5.97 Å². The first-order valence-corrected chi connectivity index (χ1v) is 8.37. The molecule has 126 valence electrons. The third kappa shape index (κ3) is 4.20. The molecule has 3 rings (SSSR count). The number of hydrogen-bond donors (Lipinski definition) is 1. The van der Waals surface area contributed by atoms with Gasteiger partial charge in [0.2, 0.25) is 0 Å². The third-order valence-corrected chi connectivity index (χ3v) is 4.76. The lowest BCUT2D eigenvalue weighted by atomic mass is 10.00. The van der Waals surface area contributed by atoms with Crippen molar-refractivity contribution < 1.29 is 14.6 Å². The first-order chi connectivity index (χ1) is 11.5. The summed E-state index contributed by atoms with van der Waals surface area (Å²) in [6.07, 6.45) is 0. The van der Waals surface area contributed by atoms with Crippen LogP contribution in [0.5, 0.6) is 5.75 Å². The fraction of sp³-hybridized carbons (Fsp3) is 0.278. The van der Waals surface area contributed by atoms with E-state index in [1.54, 1.807) is 12.1 Å². The molecule has 1 aliphatic heterocycles. The lowest BCUT2D eigenvalue weighted by Crippen LogP contribution is -2.49. The molecule has 0 aliphatic carbocycles. The van der Waals surface area contributed by atoms with Crippen LogP contribution in [0.2, 0.25) is 10.0 Å². The molecule has 1 saturated heterocycles. The molecular weight excluding hydrogens is 349 g/mol. The first-order valence-electron chi connectivity index (χ1n) is 7.62. The smallest absolute Gasteiger partial charge is 0.309 e. The zero-order valence-electron chi connectivity index (χ0n) is 12.9. The quantitative estimate of drug-likeness (QED) is 0.837. The van der Waals surface area contributed by atoms with Gasteiger partial charge < -0.3 is 9.84 Å². The summed E-state index contributed by atoms with van der Waals surface area (Å²) in [7, 11) is 0. The lowest BCUT2D eigenvalue weighted by Gasteiger charge is -2.36. The monoisotopic (exact) mass is 365 g/mol. The highest BCUT2D eigenvalue weighted by Gasteiger charge is 2.32. The van der Waals surface area contributed by atoms with E-state index in [2.05, 4.69) is 4.90 Å². The molecule has 0 saturated carbocycles. The molecule has 0 aromatic heterocycles. The maximum atomic E-state index is 10.8.